The number of nitrogens with one attached hydrogen (secondary N) is 4. The Morgan fingerprint density at radius 2 is 1.88 bits per heavy atom. The van der Waals surface area contributed by atoms with Gasteiger partial charge in [0.2, 0.25) is 0 Å². The lowest BCUT2D eigenvalue weighted by molar-refractivity contribution is -0.131. The molecule has 0 saturated carbocycles. The van der Waals surface area contributed by atoms with E-state index in [0.717, 1.165) is 23.1 Å². The molecule has 13 nitrogen and oxygen atoms in total. The quantitative estimate of drug-likeness (QED) is 0.214. The highest BCUT2D eigenvalue weighted by Crippen LogP contribution is 2.33. The standard InChI is InChI=1S/C35H43N5O8/c1-35(2)30(38-34(44)48-35)31(42)39-40(19-23-11-13-24(14-12-23)26-10-6-7-16-36-26)20-28(41)27(18-22-8-4-3-5-9-22)37-33(43)47-29-21-46-32-25(29)15-17-45-32/h3-14,16,25-30,32,36,41H,15,17-21H2,1-2H3,(H,37,43)(H,38,44)(H,39,42)/t25-,26?,27-,28-,29-,30+,32+/m0/s1. The first-order valence-corrected chi connectivity index (χ1v) is 16.3. The number of hydrazine groups is 1. The molecule has 0 radical (unpaired) electrons. The van der Waals surface area contributed by atoms with Gasteiger partial charge in [0.15, 0.2) is 12.3 Å². The Bertz CT molecular complexity index is 1500. The summed E-state index contributed by atoms with van der Waals surface area (Å²) in [7, 11) is 0. The molecule has 1 unspecified atom stereocenters. The number of rotatable bonds is 12. The number of hydrogen-bond acceptors (Lipinski definition) is 10. The van der Waals surface area contributed by atoms with E-state index in [-0.39, 0.29) is 37.9 Å². The summed E-state index contributed by atoms with van der Waals surface area (Å²) in [6.45, 7) is 4.26. The fraction of sp³-hybridized carbons (Fsp3) is 0.457. The number of allylic oxidation sites excluding steroid dienone is 2. The molecular formula is C35H43N5O8. The number of carbonyl (C=O) groups excluding carboxylic acids is 3. The van der Waals surface area contributed by atoms with Crippen LogP contribution in [0.2, 0.25) is 0 Å². The maximum atomic E-state index is 13.5. The smallest absolute Gasteiger partial charge is 0.408 e. The molecular weight excluding hydrogens is 618 g/mol. The van der Waals surface area contributed by atoms with Gasteiger partial charge in [0, 0.05) is 13.1 Å². The van der Waals surface area contributed by atoms with Crippen LogP contribution in [-0.4, -0.2) is 84.2 Å². The van der Waals surface area contributed by atoms with E-state index in [2.05, 4.69) is 27.5 Å². The Labute approximate surface area is 279 Å². The van der Waals surface area contributed by atoms with E-state index < -0.39 is 48.0 Å². The topological polar surface area (TPSA) is 160 Å². The molecule has 2 aromatic carbocycles. The van der Waals surface area contributed by atoms with E-state index in [9.17, 15) is 19.5 Å². The van der Waals surface area contributed by atoms with Crippen LogP contribution in [0.15, 0.2) is 79.0 Å². The minimum atomic E-state index is -1.15. The number of cyclic esters (lactones) is 1. The van der Waals surface area contributed by atoms with Crippen molar-refractivity contribution in [1.29, 1.82) is 0 Å². The van der Waals surface area contributed by atoms with Gasteiger partial charge < -0.3 is 40.0 Å². The van der Waals surface area contributed by atoms with Gasteiger partial charge in [-0.3, -0.25) is 10.2 Å². The molecule has 4 aliphatic rings. The Kier molecular flexibility index (Phi) is 10.3. The fourth-order valence-corrected chi connectivity index (χ4v) is 6.45. The van der Waals surface area contributed by atoms with E-state index >= 15 is 0 Å². The average Bonchev–Trinajstić information content (AvgIpc) is 3.77. The monoisotopic (exact) mass is 661 g/mol. The van der Waals surface area contributed by atoms with Gasteiger partial charge >= 0.3 is 12.2 Å². The van der Waals surface area contributed by atoms with Gasteiger partial charge in [0.25, 0.3) is 5.91 Å². The van der Waals surface area contributed by atoms with Crippen molar-refractivity contribution in [3.63, 3.8) is 0 Å². The summed E-state index contributed by atoms with van der Waals surface area (Å²) in [5.41, 5.74) is 4.63. The zero-order valence-electron chi connectivity index (χ0n) is 27.0. The van der Waals surface area contributed by atoms with Crippen LogP contribution in [0.5, 0.6) is 0 Å². The van der Waals surface area contributed by atoms with Crippen LogP contribution < -0.4 is 21.4 Å². The SMILES string of the molecule is CC1(C)OC(=O)N[C@@H]1C(=O)NN(Cc1ccc(C2C=CC=CN2)cc1)C[C@H](O)[C@H](Cc1ccccc1)NC(=O)O[C@H]1CO[C@H]2OCC[C@H]21. The number of dihydropyridines is 1. The number of carbonyl (C=O) groups is 3. The molecule has 0 aliphatic carbocycles. The van der Waals surface area contributed by atoms with Crippen LogP contribution in [0.3, 0.4) is 0 Å². The first kappa shape index (κ1) is 33.5. The number of alkyl carbamates (subject to hydrolysis) is 2. The van der Waals surface area contributed by atoms with Crippen molar-refractivity contribution >= 4 is 18.1 Å². The summed E-state index contributed by atoms with van der Waals surface area (Å²) in [4.78, 5) is 38.7. The van der Waals surface area contributed by atoms with Crippen LogP contribution >= 0.6 is 0 Å². The minimum absolute atomic E-state index is 0.0315. The lowest BCUT2D eigenvalue weighted by atomic mass is 9.99. The molecule has 13 heteroatoms. The average molecular weight is 662 g/mol. The zero-order valence-corrected chi connectivity index (χ0v) is 27.0. The van der Waals surface area contributed by atoms with Gasteiger partial charge in [-0.2, -0.15) is 0 Å². The Morgan fingerprint density at radius 3 is 2.58 bits per heavy atom. The van der Waals surface area contributed by atoms with Crippen molar-refractivity contribution in [2.75, 3.05) is 19.8 Å². The fourth-order valence-electron chi connectivity index (χ4n) is 6.45. The molecule has 4 aliphatic heterocycles. The highest BCUT2D eigenvalue weighted by Gasteiger charge is 2.47. The van der Waals surface area contributed by atoms with Crippen molar-refractivity contribution in [2.24, 2.45) is 5.92 Å². The van der Waals surface area contributed by atoms with Crippen LogP contribution in [0.4, 0.5) is 9.59 Å². The molecule has 5 N–H and O–H groups in total. The lowest BCUT2D eigenvalue weighted by Gasteiger charge is -2.32. The summed E-state index contributed by atoms with van der Waals surface area (Å²) in [5.74, 6) is -0.532. The maximum absolute atomic E-state index is 13.5. The van der Waals surface area contributed by atoms with Crippen molar-refractivity contribution in [1.82, 2.24) is 26.4 Å². The Balaban J connectivity index is 1.18. The molecule has 7 atom stereocenters. The third-order valence-electron chi connectivity index (χ3n) is 9.06. The second-order valence-corrected chi connectivity index (χ2v) is 13.0. The van der Waals surface area contributed by atoms with Gasteiger partial charge in [-0.05, 0) is 55.7 Å². The number of hydrogen-bond donors (Lipinski definition) is 5. The lowest BCUT2D eigenvalue weighted by Crippen LogP contribution is -2.58. The molecule has 3 amide bonds. The number of nitrogens with zero attached hydrogens (tertiary/aromatic N) is 1. The van der Waals surface area contributed by atoms with E-state index in [4.69, 9.17) is 18.9 Å². The molecule has 6 rings (SSSR count). The number of benzene rings is 2. The van der Waals surface area contributed by atoms with Crippen molar-refractivity contribution in [2.45, 2.75) is 75.5 Å². The molecule has 3 saturated heterocycles. The summed E-state index contributed by atoms with van der Waals surface area (Å²) >= 11 is 0. The first-order chi connectivity index (χ1) is 23.1. The summed E-state index contributed by atoms with van der Waals surface area (Å²) < 4.78 is 22.2. The van der Waals surface area contributed by atoms with Crippen molar-refractivity contribution in [3.8, 4) is 0 Å². The molecule has 4 heterocycles. The number of aliphatic hydroxyl groups is 1. The van der Waals surface area contributed by atoms with Gasteiger partial charge in [0.05, 0.1) is 37.3 Å². The zero-order chi connectivity index (χ0) is 33.7. The van der Waals surface area contributed by atoms with Crippen LogP contribution in [-0.2, 0) is 36.7 Å². The molecule has 256 valence electrons. The molecule has 0 spiro atoms. The molecule has 2 aromatic rings. The molecule has 48 heavy (non-hydrogen) atoms. The number of amides is 3. The van der Waals surface area contributed by atoms with Crippen molar-refractivity contribution < 1.29 is 38.4 Å². The second-order valence-electron chi connectivity index (χ2n) is 13.0. The molecule has 0 bridgehead atoms. The molecule has 3 fully saturated rings. The van der Waals surface area contributed by atoms with Crippen LogP contribution in [0.1, 0.15) is 43.0 Å². The predicted molar refractivity (Wildman–Crippen MR) is 174 cm³/mol. The van der Waals surface area contributed by atoms with Gasteiger partial charge in [-0.1, -0.05) is 66.7 Å². The summed E-state index contributed by atoms with van der Waals surface area (Å²) in [6.07, 6.45) is 5.58. The Hall–Kier alpha value is -4.43. The second kappa shape index (κ2) is 14.8. The van der Waals surface area contributed by atoms with E-state index in [1.807, 2.05) is 72.9 Å². The summed E-state index contributed by atoms with van der Waals surface area (Å²) in [6, 6.07) is 15.7. The van der Waals surface area contributed by atoms with E-state index in [0.29, 0.717) is 13.0 Å². The van der Waals surface area contributed by atoms with Gasteiger partial charge in [0.1, 0.15) is 11.7 Å². The number of fused-ring (bicyclic) bond motifs is 1. The van der Waals surface area contributed by atoms with Gasteiger partial charge in [-0.25, -0.2) is 14.6 Å². The molecule has 0 aromatic heterocycles. The highest BCUT2D eigenvalue weighted by atomic mass is 16.7. The maximum Gasteiger partial charge on any atom is 0.408 e. The Morgan fingerprint density at radius 1 is 1.08 bits per heavy atom. The van der Waals surface area contributed by atoms with Crippen LogP contribution in [0, 0.1) is 5.92 Å². The minimum Gasteiger partial charge on any atom is -0.443 e. The highest BCUT2D eigenvalue weighted by molar-refractivity contribution is 5.89. The predicted octanol–water partition coefficient (Wildman–Crippen LogP) is 2.58. The van der Waals surface area contributed by atoms with E-state index in [1.165, 1.54) is 0 Å². The summed E-state index contributed by atoms with van der Waals surface area (Å²) in [5, 5.41) is 22.0. The van der Waals surface area contributed by atoms with Crippen molar-refractivity contribution in [3.05, 3.63) is 95.7 Å². The normalized spacial score (nSPS) is 26.6. The van der Waals surface area contributed by atoms with E-state index in [1.54, 1.807) is 18.9 Å². The number of ether oxygens (including phenoxy) is 4. The van der Waals surface area contributed by atoms with Crippen LogP contribution in [0.25, 0.3) is 0 Å². The van der Waals surface area contributed by atoms with Gasteiger partial charge in [-0.15, -0.1) is 0 Å². The number of aliphatic hydroxyl groups excluding tert-OH is 1. The first-order valence-electron chi connectivity index (χ1n) is 16.3. The largest absolute Gasteiger partial charge is 0.443 e. The third kappa shape index (κ3) is 8.16. The third-order valence-corrected chi connectivity index (χ3v) is 9.06.